The fourth-order valence-electron chi connectivity index (χ4n) is 1.26. The SMILES string of the molecule is CC(C)(C)OC(=O)N(CCO)c1cccnc1. The molecule has 1 aromatic rings. The molecule has 0 bridgehead atoms. The lowest BCUT2D eigenvalue weighted by atomic mass is 10.2. The first-order valence-corrected chi connectivity index (χ1v) is 5.45. The highest BCUT2D eigenvalue weighted by molar-refractivity contribution is 5.87. The lowest BCUT2D eigenvalue weighted by Crippen LogP contribution is -2.38. The van der Waals surface area contributed by atoms with E-state index >= 15 is 0 Å². The maximum atomic E-state index is 11.9. The van der Waals surface area contributed by atoms with Crippen molar-refractivity contribution in [3.63, 3.8) is 0 Å². The molecule has 1 aromatic heterocycles. The van der Waals surface area contributed by atoms with Gasteiger partial charge >= 0.3 is 6.09 Å². The van der Waals surface area contributed by atoms with E-state index < -0.39 is 11.7 Å². The van der Waals surface area contributed by atoms with Gasteiger partial charge < -0.3 is 9.84 Å². The van der Waals surface area contributed by atoms with Crippen LogP contribution < -0.4 is 4.90 Å². The molecule has 5 heteroatoms. The van der Waals surface area contributed by atoms with Gasteiger partial charge in [-0.05, 0) is 32.9 Å². The van der Waals surface area contributed by atoms with Gasteiger partial charge in [-0.15, -0.1) is 0 Å². The van der Waals surface area contributed by atoms with E-state index in [9.17, 15) is 4.79 Å². The molecule has 0 saturated heterocycles. The Morgan fingerprint density at radius 3 is 2.71 bits per heavy atom. The summed E-state index contributed by atoms with van der Waals surface area (Å²) in [6.45, 7) is 5.44. The van der Waals surface area contributed by atoms with Gasteiger partial charge in [0.25, 0.3) is 0 Å². The molecule has 1 amide bonds. The fraction of sp³-hybridized carbons (Fsp3) is 0.500. The summed E-state index contributed by atoms with van der Waals surface area (Å²) in [5.74, 6) is 0. The summed E-state index contributed by atoms with van der Waals surface area (Å²) < 4.78 is 5.25. The summed E-state index contributed by atoms with van der Waals surface area (Å²) in [7, 11) is 0. The van der Waals surface area contributed by atoms with Crippen LogP contribution in [0.1, 0.15) is 20.8 Å². The number of rotatable bonds is 3. The summed E-state index contributed by atoms with van der Waals surface area (Å²) in [5, 5.41) is 8.98. The molecular weight excluding hydrogens is 220 g/mol. The number of hydrogen-bond donors (Lipinski definition) is 1. The Bertz CT molecular complexity index is 360. The third-order valence-corrected chi connectivity index (χ3v) is 1.90. The van der Waals surface area contributed by atoms with Crippen LogP contribution in [0, 0.1) is 0 Å². The molecule has 0 aliphatic carbocycles. The van der Waals surface area contributed by atoms with Crippen LogP contribution in [-0.2, 0) is 4.74 Å². The minimum absolute atomic E-state index is 0.131. The van der Waals surface area contributed by atoms with Gasteiger partial charge in [-0.25, -0.2) is 4.79 Å². The molecule has 0 saturated carbocycles. The van der Waals surface area contributed by atoms with Crippen LogP contribution in [0.15, 0.2) is 24.5 Å². The van der Waals surface area contributed by atoms with Crippen molar-refractivity contribution in [1.29, 1.82) is 0 Å². The van der Waals surface area contributed by atoms with Gasteiger partial charge in [-0.2, -0.15) is 0 Å². The molecule has 0 spiro atoms. The molecule has 0 atom stereocenters. The van der Waals surface area contributed by atoms with Crippen molar-refractivity contribution in [2.24, 2.45) is 0 Å². The number of anilines is 1. The first-order chi connectivity index (χ1) is 7.94. The molecule has 0 aromatic carbocycles. The fourth-order valence-corrected chi connectivity index (χ4v) is 1.26. The van der Waals surface area contributed by atoms with Crippen molar-refractivity contribution in [1.82, 2.24) is 4.98 Å². The number of aliphatic hydroxyl groups is 1. The third kappa shape index (κ3) is 4.40. The molecule has 0 fully saturated rings. The molecule has 17 heavy (non-hydrogen) atoms. The zero-order valence-corrected chi connectivity index (χ0v) is 10.4. The largest absolute Gasteiger partial charge is 0.443 e. The van der Waals surface area contributed by atoms with Gasteiger partial charge in [0.15, 0.2) is 0 Å². The molecule has 0 radical (unpaired) electrons. The van der Waals surface area contributed by atoms with E-state index in [-0.39, 0.29) is 13.2 Å². The maximum Gasteiger partial charge on any atom is 0.414 e. The molecule has 1 heterocycles. The first kappa shape index (κ1) is 13.4. The van der Waals surface area contributed by atoms with Crippen LogP contribution in [0.4, 0.5) is 10.5 Å². The second-order valence-electron chi connectivity index (χ2n) is 4.57. The van der Waals surface area contributed by atoms with Gasteiger partial charge in [-0.1, -0.05) is 0 Å². The van der Waals surface area contributed by atoms with Crippen LogP contribution in [-0.4, -0.2) is 34.9 Å². The van der Waals surface area contributed by atoms with Gasteiger partial charge in [0.2, 0.25) is 0 Å². The summed E-state index contributed by atoms with van der Waals surface area (Å²) in [6.07, 6.45) is 2.69. The molecule has 0 unspecified atom stereocenters. The maximum absolute atomic E-state index is 11.9. The minimum atomic E-state index is -0.563. The predicted molar refractivity (Wildman–Crippen MR) is 64.9 cm³/mol. The van der Waals surface area contributed by atoms with E-state index in [1.54, 1.807) is 45.3 Å². The van der Waals surface area contributed by atoms with E-state index in [2.05, 4.69) is 4.98 Å². The highest BCUT2D eigenvalue weighted by Gasteiger charge is 2.22. The number of pyridine rings is 1. The van der Waals surface area contributed by atoms with Crippen molar-refractivity contribution in [2.75, 3.05) is 18.1 Å². The molecule has 1 N–H and O–H groups in total. The molecule has 1 rings (SSSR count). The van der Waals surface area contributed by atoms with Gasteiger partial charge in [0, 0.05) is 6.20 Å². The van der Waals surface area contributed by atoms with Crippen LogP contribution >= 0.6 is 0 Å². The number of carbonyl (C=O) groups excluding carboxylic acids is 1. The topological polar surface area (TPSA) is 62.7 Å². The Morgan fingerprint density at radius 1 is 1.53 bits per heavy atom. The highest BCUT2D eigenvalue weighted by atomic mass is 16.6. The van der Waals surface area contributed by atoms with E-state index in [1.807, 2.05) is 0 Å². The van der Waals surface area contributed by atoms with Crippen molar-refractivity contribution in [3.8, 4) is 0 Å². The van der Waals surface area contributed by atoms with Crippen molar-refractivity contribution < 1.29 is 14.6 Å². The number of amides is 1. The summed E-state index contributed by atoms with van der Waals surface area (Å²) in [4.78, 5) is 17.2. The normalized spacial score (nSPS) is 11.1. The molecule has 0 aliphatic heterocycles. The molecule has 5 nitrogen and oxygen atoms in total. The third-order valence-electron chi connectivity index (χ3n) is 1.90. The van der Waals surface area contributed by atoms with Gasteiger partial charge in [-0.3, -0.25) is 9.88 Å². The van der Waals surface area contributed by atoms with Crippen molar-refractivity contribution in [3.05, 3.63) is 24.5 Å². The predicted octanol–water partition coefficient (Wildman–Crippen LogP) is 1.82. The highest BCUT2D eigenvalue weighted by Crippen LogP contribution is 2.16. The Hall–Kier alpha value is -1.62. The second-order valence-corrected chi connectivity index (χ2v) is 4.57. The zero-order valence-electron chi connectivity index (χ0n) is 10.4. The van der Waals surface area contributed by atoms with E-state index in [0.717, 1.165) is 0 Å². The minimum Gasteiger partial charge on any atom is -0.443 e. The quantitative estimate of drug-likeness (QED) is 0.872. The Kier molecular flexibility index (Phi) is 4.45. The Balaban J connectivity index is 2.83. The number of hydrogen-bond acceptors (Lipinski definition) is 4. The van der Waals surface area contributed by atoms with E-state index in [1.165, 1.54) is 4.90 Å². The van der Waals surface area contributed by atoms with Crippen LogP contribution in [0.25, 0.3) is 0 Å². The van der Waals surface area contributed by atoms with E-state index in [0.29, 0.717) is 5.69 Å². The Labute approximate surface area is 101 Å². The summed E-state index contributed by atoms with van der Waals surface area (Å²) >= 11 is 0. The van der Waals surface area contributed by atoms with Gasteiger partial charge in [0.1, 0.15) is 5.60 Å². The van der Waals surface area contributed by atoms with Crippen molar-refractivity contribution in [2.45, 2.75) is 26.4 Å². The van der Waals surface area contributed by atoms with Crippen LogP contribution in [0.3, 0.4) is 0 Å². The molecular formula is C12H18N2O3. The number of aromatic nitrogens is 1. The Morgan fingerprint density at radius 2 is 2.24 bits per heavy atom. The van der Waals surface area contributed by atoms with E-state index in [4.69, 9.17) is 9.84 Å². The van der Waals surface area contributed by atoms with Crippen LogP contribution in [0.5, 0.6) is 0 Å². The summed E-state index contributed by atoms with van der Waals surface area (Å²) in [5.41, 5.74) is 0.0447. The average molecular weight is 238 g/mol. The standard InChI is InChI=1S/C12H18N2O3/c1-12(2,3)17-11(16)14(7-8-15)10-5-4-6-13-9-10/h4-6,9,15H,7-8H2,1-3H3. The lowest BCUT2D eigenvalue weighted by Gasteiger charge is -2.26. The monoisotopic (exact) mass is 238 g/mol. The average Bonchev–Trinajstić information content (AvgIpc) is 2.24. The smallest absolute Gasteiger partial charge is 0.414 e. The molecule has 94 valence electrons. The molecule has 0 aliphatic rings. The van der Waals surface area contributed by atoms with Crippen molar-refractivity contribution >= 4 is 11.8 Å². The number of nitrogens with zero attached hydrogens (tertiary/aromatic N) is 2. The number of carbonyl (C=O) groups is 1. The zero-order chi connectivity index (χ0) is 12.9. The summed E-state index contributed by atoms with van der Waals surface area (Å²) in [6, 6.07) is 3.47. The number of aliphatic hydroxyl groups excluding tert-OH is 1. The lowest BCUT2D eigenvalue weighted by molar-refractivity contribution is 0.0573. The second kappa shape index (κ2) is 5.63. The number of ether oxygens (including phenoxy) is 1. The van der Waals surface area contributed by atoms with Crippen LogP contribution in [0.2, 0.25) is 0 Å². The van der Waals surface area contributed by atoms with Gasteiger partial charge in [0.05, 0.1) is 25.0 Å². The first-order valence-electron chi connectivity index (χ1n) is 5.45.